The summed E-state index contributed by atoms with van der Waals surface area (Å²) in [5, 5.41) is 19.3. The highest BCUT2D eigenvalue weighted by atomic mass is 35.5. The Kier molecular flexibility index (Phi) is 3.58. The molecule has 1 aliphatic rings. The summed E-state index contributed by atoms with van der Waals surface area (Å²) in [6.45, 7) is -0.353. The second-order valence-electron chi connectivity index (χ2n) is 4.88. The van der Waals surface area contributed by atoms with Gasteiger partial charge in [-0.3, -0.25) is 14.3 Å². The fourth-order valence-electron chi connectivity index (χ4n) is 2.59. The normalized spacial score (nSPS) is 25.6. The van der Waals surface area contributed by atoms with Crippen LogP contribution in [0.15, 0.2) is 27.8 Å². The van der Waals surface area contributed by atoms with Crippen LogP contribution in [0, 0.1) is 0 Å². The molecule has 112 valence electrons. The van der Waals surface area contributed by atoms with E-state index in [0.717, 1.165) is 0 Å². The van der Waals surface area contributed by atoms with E-state index < -0.39 is 29.7 Å². The first-order chi connectivity index (χ1) is 10.0. The van der Waals surface area contributed by atoms with Gasteiger partial charge in [-0.25, -0.2) is 4.79 Å². The van der Waals surface area contributed by atoms with Crippen molar-refractivity contribution in [1.82, 2.24) is 9.55 Å². The van der Waals surface area contributed by atoms with E-state index in [-0.39, 0.29) is 23.4 Å². The monoisotopic (exact) mass is 312 g/mol. The number of H-pyrrole nitrogens is 1. The second kappa shape index (κ2) is 5.27. The average Bonchev–Trinajstić information content (AvgIpc) is 2.79. The van der Waals surface area contributed by atoms with E-state index in [1.807, 2.05) is 0 Å². The van der Waals surface area contributed by atoms with Gasteiger partial charge in [-0.2, -0.15) is 0 Å². The number of rotatable bonds is 2. The first-order valence-electron chi connectivity index (χ1n) is 6.40. The van der Waals surface area contributed by atoms with Crippen LogP contribution in [0.25, 0.3) is 10.9 Å². The molecule has 1 saturated heterocycles. The third kappa shape index (κ3) is 2.28. The number of aliphatic hydroxyl groups excluding tert-OH is 2. The molecule has 1 fully saturated rings. The molecular formula is C13H13ClN2O5. The molecule has 0 spiro atoms. The quantitative estimate of drug-likeness (QED) is 0.723. The zero-order chi connectivity index (χ0) is 15.1. The molecule has 0 saturated carbocycles. The van der Waals surface area contributed by atoms with Crippen LogP contribution in [0.1, 0.15) is 12.6 Å². The standard InChI is InChI=1S/C13H13ClN2O5/c14-6-2-1-3-7-11(6)12(19)15-13(20)16(7)10-4-8(18)9(5-17)21-10/h1-3,8-10,17-18H,4-5H2,(H,15,19,20)/t8-,9+,10-/m0/s1. The minimum Gasteiger partial charge on any atom is -0.394 e. The number of ether oxygens (including phenoxy) is 1. The minimum absolute atomic E-state index is 0.138. The van der Waals surface area contributed by atoms with Crippen LogP contribution in [0.4, 0.5) is 0 Å². The van der Waals surface area contributed by atoms with Crippen molar-refractivity contribution in [1.29, 1.82) is 0 Å². The summed E-state index contributed by atoms with van der Waals surface area (Å²) in [5.74, 6) is 0. The highest BCUT2D eigenvalue weighted by Gasteiger charge is 2.35. The molecule has 21 heavy (non-hydrogen) atoms. The maximum Gasteiger partial charge on any atom is 0.330 e. The summed E-state index contributed by atoms with van der Waals surface area (Å²) in [6, 6.07) is 4.75. The van der Waals surface area contributed by atoms with Crippen molar-refractivity contribution in [2.24, 2.45) is 0 Å². The molecule has 0 radical (unpaired) electrons. The summed E-state index contributed by atoms with van der Waals surface area (Å²) in [7, 11) is 0. The van der Waals surface area contributed by atoms with Crippen LogP contribution >= 0.6 is 11.6 Å². The number of halogens is 1. The molecule has 8 heteroatoms. The number of aliphatic hydroxyl groups is 2. The third-order valence-corrected chi connectivity index (χ3v) is 3.90. The third-order valence-electron chi connectivity index (χ3n) is 3.59. The van der Waals surface area contributed by atoms with Crippen molar-refractivity contribution in [3.05, 3.63) is 44.1 Å². The van der Waals surface area contributed by atoms with Gasteiger partial charge in [0, 0.05) is 6.42 Å². The van der Waals surface area contributed by atoms with Crippen LogP contribution in [-0.2, 0) is 4.74 Å². The second-order valence-corrected chi connectivity index (χ2v) is 5.29. The number of hydrogen-bond donors (Lipinski definition) is 3. The van der Waals surface area contributed by atoms with Crippen molar-refractivity contribution >= 4 is 22.5 Å². The molecule has 0 bridgehead atoms. The lowest BCUT2D eigenvalue weighted by atomic mass is 10.2. The molecule has 3 atom stereocenters. The maximum atomic E-state index is 12.1. The van der Waals surface area contributed by atoms with Crippen molar-refractivity contribution in [2.45, 2.75) is 24.9 Å². The molecule has 2 aromatic rings. The van der Waals surface area contributed by atoms with E-state index >= 15 is 0 Å². The fraction of sp³-hybridized carbons (Fsp3) is 0.385. The number of nitrogens with zero attached hydrogens (tertiary/aromatic N) is 1. The number of aromatic nitrogens is 2. The van der Waals surface area contributed by atoms with Crippen molar-refractivity contribution in [3.8, 4) is 0 Å². The van der Waals surface area contributed by atoms with Crippen LogP contribution < -0.4 is 11.2 Å². The highest BCUT2D eigenvalue weighted by Crippen LogP contribution is 2.30. The van der Waals surface area contributed by atoms with Crippen LogP contribution in [0.3, 0.4) is 0 Å². The lowest BCUT2D eigenvalue weighted by molar-refractivity contribution is -0.0443. The van der Waals surface area contributed by atoms with E-state index in [2.05, 4.69) is 4.98 Å². The van der Waals surface area contributed by atoms with Gasteiger partial charge in [0.1, 0.15) is 12.3 Å². The van der Waals surface area contributed by atoms with Gasteiger partial charge in [0.05, 0.1) is 28.6 Å². The van der Waals surface area contributed by atoms with Crippen molar-refractivity contribution in [2.75, 3.05) is 6.61 Å². The Bertz CT molecular complexity index is 799. The largest absolute Gasteiger partial charge is 0.394 e. The summed E-state index contributed by atoms with van der Waals surface area (Å²) >= 11 is 6.01. The molecule has 0 amide bonds. The Hall–Kier alpha value is -1.67. The molecular weight excluding hydrogens is 300 g/mol. The molecule has 2 heterocycles. The van der Waals surface area contributed by atoms with Crippen LogP contribution in [0.2, 0.25) is 5.02 Å². The first-order valence-corrected chi connectivity index (χ1v) is 6.78. The Labute approximate surface area is 123 Å². The Morgan fingerprint density at radius 2 is 2.19 bits per heavy atom. The maximum absolute atomic E-state index is 12.1. The highest BCUT2D eigenvalue weighted by molar-refractivity contribution is 6.35. The van der Waals surface area contributed by atoms with Gasteiger partial charge in [-0.05, 0) is 12.1 Å². The molecule has 3 rings (SSSR count). The van der Waals surface area contributed by atoms with E-state index in [9.17, 15) is 14.7 Å². The van der Waals surface area contributed by atoms with Gasteiger partial charge < -0.3 is 14.9 Å². The summed E-state index contributed by atoms with van der Waals surface area (Å²) in [5.41, 5.74) is -0.897. The van der Waals surface area contributed by atoms with Crippen molar-refractivity contribution < 1.29 is 14.9 Å². The van der Waals surface area contributed by atoms with E-state index in [0.29, 0.717) is 5.52 Å². The molecule has 0 unspecified atom stereocenters. The Balaban J connectivity index is 2.22. The predicted molar refractivity (Wildman–Crippen MR) is 75.5 cm³/mol. The lowest BCUT2D eigenvalue weighted by Crippen LogP contribution is -2.33. The Morgan fingerprint density at radius 1 is 1.43 bits per heavy atom. The molecule has 3 N–H and O–H groups in total. The van der Waals surface area contributed by atoms with Gasteiger partial charge in [0.2, 0.25) is 0 Å². The number of benzene rings is 1. The van der Waals surface area contributed by atoms with E-state index in [4.69, 9.17) is 21.4 Å². The minimum atomic E-state index is -0.881. The van der Waals surface area contributed by atoms with E-state index in [1.165, 1.54) is 4.57 Å². The number of hydrogen-bond acceptors (Lipinski definition) is 5. The lowest BCUT2D eigenvalue weighted by Gasteiger charge is -2.17. The van der Waals surface area contributed by atoms with Gasteiger partial charge in [-0.15, -0.1) is 0 Å². The fourth-order valence-corrected chi connectivity index (χ4v) is 2.85. The smallest absolute Gasteiger partial charge is 0.330 e. The average molecular weight is 313 g/mol. The first kappa shape index (κ1) is 14.3. The zero-order valence-corrected chi connectivity index (χ0v) is 11.6. The zero-order valence-electron chi connectivity index (χ0n) is 10.8. The Morgan fingerprint density at radius 3 is 2.86 bits per heavy atom. The molecule has 1 aromatic heterocycles. The van der Waals surface area contributed by atoms with Crippen LogP contribution in [0.5, 0.6) is 0 Å². The summed E-state index contributed by atoms with van der Waals surface area (Å²) < 4.78 is 6.71. The number of aromatic amines is 1. The van der Waals surface area contributed by atoms with Crippen LogP contribution in [-0.4, -0.2) is 38.6 Å². The number of fused-ring (bicyclic) bond motifs is 1. The topological polar surface area (TPSA) is 105 Å². The summed E-state index contributed by atoms with van der Waals surface area (Å²) in [4.78, 5) is 26.2. The molecule has 1 aromatic carbocycles. The molecule has 7 nitrogen and oxygen atoms in total. The predicted octanol–water partition coefficient (Wildman–Crippen LogP) is -0.0161. The van der Waals surface area contributed by atoms with Gasteiger partial charge in [0.25, 0.3) is 5.56 Å². The summed E-state index contributed by atoms with van der Waals surface area (Å²) in [6.07, 6.45) is -2.28. The van der Waals surface area contributed by atoms with Gasteiger partial charge >= 0.3 is 5.69 Å². The van der Waals surface area contributed by atoms with Gasteiger partial charge in [-0.1, -0.05) is 17.7 Å². The van der Waals surface area contributed by atoms with Crippen molar-refractivity contribution in [3.63, 3.8) is 0 Å². The van der Waals surface area contributed by atoms with Gasteiger partial charge in [0.15, 0.2) is 0 Å². The van der Waals surface area contributed by atoms with E-state index in [1.54, 1.807) is 18.2 Å². The number of nitrogens with one attached hydrogen (secondary N) is 1. The molecule has 0 aliphatic carbocycles. The molecule has 1 aliphatic heterocycles. The SMILES string of the molecule is O=c1[nH]c(=O)n([C@@H]2C[C@H](O)[C@@H](CO)O2)c2cccc(Cl)c12.